The van der Waals surface area contributed by atoms with Crippen molar-refractivity contribution in [2.75, 3.05) is 0 Å². The molecule has 0 N–H and O–H groups in total. The molecular formula is C6H5F3N2. The van der Waals surface area contributed by atoms with Crippen LogP contribution in [0.1, 0.15) is 11.4 Å². The van der Waals surface area contributed by atoms with Gasteiger partial charge in [0.1, 0.15) is 0 Å². The average Bonchev–Trinajstić information content (AvgIpc) is 1.86. The highest BCUT2D eigenvalue weighted by atomic mass is 19.4. The molecular weight excluding hydrogens is 157 g/mol. The zero-order chi connectivity index (χ0) is 8.48. The number of aryl methyl sites for hydroxylation is 1. The van der Waals surface area contributed by atoms with E-state index in [1.807, 2.05) is 0 Å². The molecule has 0 radical (unpaired) electrons. The van der Waals surface area contributed by atoms with Gasteiger partial charge in [-0.25, -0.2) is 9.97 Å². The van der Waals surface area contributed by atoms with Crippen molar-refractivity contribution in [3.05, 3.63) is 23.8 Å². The SMILES string of the molecule is Cc1cnc(C(F)(F)F)nc1. The predicted molar refractivity (Wildman–Crippen MR) is 31.8 cm³/mol. The third-order valence-electron chi connectivity index (χ3n) is 1.03. The molecule has 0 spiro atoms. The van der Waals surface area contributed by atoms with Gasteiger partial charge in [-0.3, -0.25) is 0 Å². The fourth-order valence-corrected chi connectivity index (χ4v) is 0.539. The summed E-state index contributed by atoms with van der Waals surface area (Å²) in [6.45, 7) is 1.63. The highest BCUT2D eigenvalue weighted by Crippen LogP contribution is 2.25. The van der Waals surface area contributed by atoms with Crippen molar-refractivity contribution < 1.29 is 13.2 Å². The van der Waals surface area contributed by atoms with Crippen LogP contribution in [0, 0.1) is 6.92 Å². The van der Waals surface area contributed by atoms with Crippen molar-refractivity contribution in [2.24, 2.45) is 0 Å². The van der Waals surface area contributed by atoms with Crippen LogP contribution in [0.15, 0.2) is 12.4 Å². The molecule has 0 saturated carbocycles. The van der Waals surface area contributed by atoms with E-state index in [0.29, 0.717) is 5.56 Å². The number of halogens is 3. The summed E-state index contributed by atoms with van der Waals surface area (Å²) in [6, 6.07) is 0. The standard InChI is InChI=1S/C6H5F3N2/c1-4-2-10-5(11-3-4)6(7,8)9/h2-3H,1H3. The smallest absolute Gasteiger partial charge is 0.233 e. The van der Waals surface area contributed by atoms with E-state index in [9.17, 15) is 13.2 Å². The Morgan fingerprint density at radius 2 is 1.64 bits per heavy atom. The summed E-state index contributed by atoms with van der Waals surface area (Å²) in [5.74, 6) is -1.09. The Hall–Kier alpha value is -1.13. The average molecular weight is 162 g/mol. The first kappa shape index (κ1) is 7.97. The fraction of sp³-hybridized carbons (Fsp3) is 0.333. The maximum absolute atomic E-state index is 11.8. The zero-order valence-electron chi connectivity index (χ0n) is 5.68. The molecule has 0 aliphatic carbocycles. The molecule has 0 bridgehead atoms. The molecule has 0 saturated heterocycles. The van der Waals surface area contributed by atoms with Crippen LogP contribution in [0.25, 0.3) is 0 Å². The number of rotatable bonds is 0. The molecule has 2 nitrogen and oxygen atoms in total. The minimum Gasteiger partial charge on any atom is -0.233 e. The number of aromatic nitrogens is 2. The Morgan fingerprint density at radius 3 is 2.00 bits per heavy atom. The maximum atomic E-state index is 11.8. The molecule has 0 unspecified atom stereocenters. The van der Waals surface area contributed by atoms with E-state index in [4.69, 9.17) is 0 Å². The third-order valence-corrected chi connectivity index (χ3v) is 1.03. The largest absolute Gasteiger partial charge is 0.451 e. The molecule has 1 aromatic rings. The molecule has 0 aliphatic rings. The number of nitrogens with zero attached hydrogens (tertiary/aromatic N) is 2. The summed E-state index contributed by atoms with van der Waals surface area (Å²) >= 11 is 0. The van der Waals surface area contributed by atoms with Crippen LogP contribution in [0.5, 0.6) is 0 Å². The molecule has 1 aromatic heterocycles. The predicted octanol–water partition coefficient (Wildman–Crippen LogP) is 1.80. The van der Waals surface area contributed by atoms with E-state index >= 15 is 0 Å². The van der Waals surface area contributed by atoms with E-state index in [-0.39, 0.29) is 0 Å². The molecule has 0 amide bonds. The minimum absolute atomic E-state index is 0.609. The summed E-state index contributed by atoms with van der Waals surface area (Å²) in [4.78, 5) is 6.23. The lowest BCUT2D eigenvalue weighted by atomic mass is 10.4. The van der Waals surface area contributed by atoms with Crippen molar-refractivity contribution in [1.82, 2.24) is 9.97 Å². The molecule has 0 atom stereocenters. The molecule has 1 rings (SSSR count). The lowest BCUT2D eigenvalue weighted by Crippen LogP contribution is -2.10. The van der Waals surface area contributed by atoms with Gasteiger partial charge in [-0.2, -0.15) is 13.2 Å². The monoisotopic (exact) mass is 162 g/mol. The van der Waals surface area contributed by atoms with Gasteiger partial charge < -0.3 is 0 Å². The topological polar surface area (TPSA) is 25.8 Å². The first-order valence-corrected chi connectivity index (χ1v) is 2.86. The second-order valence-corrected chi connectivity index (χ2v) is 2.08. The first-order chi connectivity index (χ1) is 5.00. The normalized spacial score (nSPS) is 11.6. The second kappa shape index (κ2) is 2.48. The molecule has 0 aromatic carbocycles. The molecule has 0 fully saturated rings. The van der Waals surface area contributed by atoms with Gasteiger partial charge in [-0.1, -0.05) is 0 Å². The fourth-order valence-electron chi connectivity index (χ4n) is 0.539. The molecule has 11 heavy (non-hydrogen) atoms. The maximum Gasteiger partial charge on any atom is 0.451 e. The number of alkyl halides is 3. The summed E-state index contributed by atoms with van der Waals surface area (Å²) in [5.41, 5.74) is 0.609. The Kier molecular flexibility index (Phi) is 1.80. The lowest BCUT2D eigenvalue weighted by molar-refractivity contribution is -0.145. The Labute approximate surface area is 61.1 Å². The summed E-state index contributed by atoms with van der Waals surface area (Å²) in [7, 11) is 0. The molecule has 1 heterocycles. The minimum atomic E-state index is -4.44. The van der Waals surface area contributed by atoms with Gasteiger partial charge in [0.25, 0.3) is 0 Å². The van der Waals surface area contributed by atoms with Crippen molar-refractivity contribution in [3.63, 3.8) is 0 Å². The van der Waals surface area contributed by atoms with E-state index in [1.54, 1.807) is 6.92 Å². The van der Waals surface area contributed by atoms with Gasteiger partial charge in [-0.05, 0) is 12.5 Å². The van der Waals surface area contributed by atoms with Gasteiger partial charge in [0, 0.05) is 12.4 Å². The summed E-state index contributed by atoms with van der Waals surface area (Å²) in [5, 5.41) is 0. The van der Waals surface area contributed by atoms with E-state index in [0.717, 1.165) is 12.4 Å². The summed E-state index contributed by atoms with van der Waals surface area (Å²) in [6.07, 6.45) is -2.17. The van der Waals surface area contributed by atoms with Crippen LogP contribution in [-0.2, 0) is 6.18 Å². The zero-order valence-corrected chi connectivity index (χ0v) is 5.68. The van der Waals surface area contributed by atoms with Crippen LogP contribution < -0.4 is 0 Å². The highest BCUT2D eigenvalue weighted by molar-refractivity contribution is 5.03. The van der Waals surface area contributed by atoms with Gasteiger partial charge in [0.2, 0.25) is 5.82 Å². The van der Waals surface area contributed by atoms with Gasteiger partial charge in [0.15, 0.2) is 0 Å². The Morgan fingerprint density at radius 1 is 1.18 bits per heavy atom. The van der Waals surface area contributed by atoms with Crippen LogP contribution in [0.2, 0.25) is 0 Å². The van der Waals surface area contributed by atoms with Crippen molar-refractivity contribution in [1.29, 1.82) is 0 Å². The van der Waals surface area contributed by atoms with Crippen molar-refractivity contribution >= 4 is 0 Å². The van der Waals surface area contributed by atoms with E-state index in [2.05, 4.69) is 9.97 Å². The Balaban J connectivity index is 2.99. The lowest BCUT2D eigenvalue weighted by Gasteiger charge is -2.02. The second-order valence-electron chi connectivity index (χ2n) is 2.08. The van der Waals surface area contributed by atoms with Crippen molar-refractivity contribution in [2.45, 2.75) is 13.1 Å². The van der Waals surface area contributed by atoms with Gasteiger partial charge in [-0.15, -0.1) is 0 Å². The molecule has 5 heteroatoms. The third kappa shape index (κ3) is 1.89. The van der Waals surface area contributed by atoms with E-state index in [1.165, 1.54) is 0 Å². The summed E-state index contributed by atoms with van der Waals surface area (Å²) < 4.78 is 35.4. The van der Waals surface area contributed by atoms with Crippen LogP contribution in [0.3, 0.4) is 0 Å². The van der Waals surface area contributed by atoms with Crippen LogP contribution in [-0.4, -0.2) is 9.97 Å². The quantitative estimate of drug-likeness (QED) is 0.581. The van der Waals surface area contributed by atoms with Crippen LogP contribution >= 0.6 is 0 Å². The highest BCUT2D eigenvalue weighted by Gasteiger charge is 2.33. The molecule has 0 aliphatic heterocycles. The number of hydrogen-bond acceptors (Lipinski definition) is 2. The van der Waals surface area contributed by atoms with Gasteiger partial charge >= 0.3 is 6.18 Å². The molecule has 60 valence electrons. The van der Waals surface area contributed by atoms with Crippen LogP contribution in [0.4, 0.5) is 13.2 Å². The van der Waals surface area contributed by atoms with E-state index < -0.39 is 12.0 Å². The first-order valence-electron chi connectivity index (χ1n) is 2.86. The van der Waals surface area contributed by atoms with Crippen molar-refractivity contribution in [3.8, 4) is 0 Å². The Bertz CT molecular complexity index is 239. The van der Waals surface area contributed by atoms with Gasteiger partial charge in [0.05, 0.1) is 0 Å². The number of hydrogen-bond donors (Lipinski definition) is 0.